The molecule has 2 rings (SSSR count). The fourth-order valence-electron chi connectivity index (χ4n) is 1.87. The minimum atomic E-state index is -0.884. The van der Waals surface area contributed by atoms with E-state index in [9.17, 15) is 9.18 Å². The Morgan fingerprint density at radius 3 is 2.95 bits per heavy atom. The molecule has 20 heavy (non-hydrogen) atoms. The second-order valence-corrected chi connectivity index (χ2v) is 6.44. The average molecular weight is 408 g/mol. The van der Waals surface area contributed by atoms with Crippen molar-refractivity contribution in [3.63, 3.8) is 0 Å². The van der Waals surface area contributed by atoms with Gasteiger partial charge in [-0.05, 0) is 35.1 Å². The van der Waals surface area contributed by atoms with Crippen molar-refractivity contribution in [2.24, 2.45) is 0 Å². The number of hydrogen-bond acceptors (Lipinski definition) is 3. The molecule has 108 valence electrons. The van der Waals surface area contributed by atoms with Crippen molar-refractivity contribution in [3.8, 4) is 0 Å². The van der Waals surface area contributed by atoms with Crippen LogP contribution in [0.2, 0.25) is 0 Å². The number of aromatic nitrogens is 2. The molecule has 2 aromatic rings. The maximum absolute atomic E-state index is 13.7. The van der Waals surface area contributed by atoms with Crippen LogP contribution in [-0.4, -0.2) is 26.4 Å². The van der Waals surface area contributed by atoms with Crippen LogP contribution in [0.1, 0.15) is 19.8 Å². The molecule has 0 aliphatic carbocycles. The quantitative estimate of drug-likeness (QED) is 0.585. The summed E-state index contributed by atoms with van der Waals surface area (Å²) in [5, 5.41) is 9.42. The molecule has 0 unspecified atom stereocenters. The van der Waals surface area contributed by atoms with E-state index < -0.39 is 5.97 Å². The summed E-state index contributed by atoms with van der Waals surface area (Å²) in [7, 11) is 0. The van der Waals surface area contributed by atoms with Crippen LogP contribution in [0.3, 0.4) is 0 Å². The van der Waals surface area contributed by atoms with E-state index in [1.54, 1.807) is 6.07 Å². The molecule has 0 radical (unpaired) electrons. The zero-order valence-corrected chi connectivity index (χ0v) is 13.9. The standard InChI is InChI=1S/C13H14FIN2O2S/c1-2-3-4-17-11-5-8(14)9(15)6-10(11)16-13(17)20-7-12(18)19/h5-6H,2-4,7H2,1H3,(H,18,19). The number of rotatable bonds is 6. The summed E-state index contributed by atoms with van der Waals surface area (Å²) in [5.74, 6) is -1.20. The maximum Gasteiger partial charge on any atom is 0.313 e. The number of hydrogen-bond donors (Lipinski definition) is 1. The van der Waals surface area contributed by atoms with Gasteiger partial charge in [0.15, 0.2) is 5.16 Å². The third kappa shape index (κ3) is 3.43. The van der Waals surface area contributed by atoms with Crippen LogP contribution < -0.4 is 0 Å². The van der Waals surface area contributed by atoms with E-state index in [0.717, 1.165) is 24.9 Å². The van der Waals surface area contributed by atoms with Gasteiger partial charge in [-0.3, -0.25) is 4.79 Å². The van der Waals surface area contributed by atoms with E-state index in [1.807, 2.05) is 27.2 Å². The van der Waals surface area contributed by atoms with Crippen molar-refractivity contribution in [2.45, 2.75) is 31.5 Å². The molecule has 1 N–H and O–H groups in total. The molecule has 0 spiro atoms. The zero-order valence-electron chi connectivity index (χ0n) is 10.9. The lowest BCUT2D eigenvalue weighted by atomic mass is 10.3. The number of nitrogens with zero attached hydrogens (tertiary/aromatic N) is 2. The molecule has 4 nitrogen and oxygen atoms in total. The normalized spacial score (nSPS) is 11.2. The number of unbranched alkanes of at least 4 members (excludes halogenated alkanes) is 1. The van der Waals surface area contributed by atoms with E-state index in [-0.39, 0.29) is 11.6 Å². The van der Waals surface area contributed by atoms with Crippen molar-refractivity contribution >= 4 is 51.4 Å². The molecule has 1 aromatic heterocycles. The van der Waals surface area contributed by atoms with Crippen molar-refractivity contribution in [1.29, 1.82) is 0 Å². The summed E-state index contributed by atoms with van der Waals surface area (Å²) in [6.45, 7) is 2.79. The Morgan fingerprint density at radius 1 is 1.55 bits per heavy atom. The first-order valence-corrected chi connectivity index (χ1v) is 8.29. The molecule has 1 heterocycles. The molecule has 0 saturated heterocycles. The van der Waals surface area contributed by atoms with Crippen molar-refractivity contribution in [2.75, 3.05) is 5.75 Å². The highest BCUT2D eigenvalue weighted by Crippen LogP contribution is 2.27. The Bertz CT molecular complexity index is 645. The Kier molecular flexibility index (Phi) is 5.25. The Balaban J connectivity index is 2.45. The fourth-order valence-corrected chi connectivity index (χ4v) is 3.08. The highest BCUT2D eigenvalue weighted by Gasteiger charge is 2.14. The number of aliphatic carboxylic acids is 1. The van der Waals surface area contributed by atoms with E-state index in [1.165, 1.54) is 17.8 Å². The van der Waals surface area contributed by atoms with Gasteiger partial charge in [-0.25, -0.2) is 9.37 Å². The topological polar surface area (TPSA) is 55.1 Å². The second-order valence-electron chi connectivity index (χ2n) is 4.34. The smallest absolute Gasteiger partial charge is 0.313 e. The molecule has 0 fully saturated rings. The average Bonchev–Trinajstić information content (AvgIpc) is 2.72. The second kappa shape index (κ2) is 6.75. The Hall–Kier alpha value is -0.830. The number of halogens is 2. The number of benzene rings is 1. The predicted octanol–water partition coefficient (Wildman–Crippen LogP) is 3.76. The molecular weight excluding hydrogens is 394 g/mol. The summed E-state index contributed by atoms with van der Waals surface area (Å²) in [6.07, 6.45) is 1.95. The maximum atomic E-state index is 13.7. The zero-order chi connectivity index (χ0) is 14.7. The summed E-state index contributed by atoms with van der Waals surface area (Å²) < 4.78 is 16.2. The molecule has 0 amide bonds. The first-order chi connectivity index (χ1) is 9.52. The summed E-state index contributed by atoms with van der Waals surface area (Å²) in [5.41, 5.74) is 1.43. The Morgan fingerprint density at radius 2 is 2.30 bits per heavy atom. The summed E-state index contributed by atoms with van der Waals surface area (Å²) in [6, 6.07) is 3.17. The monoisotopic (exact) mass is 408 g/mol. The third-order valence-corrected chi connectivity index (χ3v) is 4.60. The van der Waals surface area contributed by atoms with Gasteiger partial charge in [0.1, 0.15) is 5.82 Å². The lowest BCUT2D eigenvalue weighted by Crippen LogP contribution is -2.03. The SMILES string of the molecule is CCCCn1c(SCC(=O)O)nc2cc(I)c(F)cc21. The number of aryl methyl sites for hydroxylation is 1. The Labute approximate surface area is 133 Å². The van der Waals surface area contributed by atoms with Gasteiger partial charge in [-0.2, -0.15) is 0 Å². The van der Waals surface area contributed by atoms with Crippen LogP contribution in [0, 0.1) is 9.39 Å². The molecule has 0 saturated carbocycles. The van der Waals surface area contributed by atoms with Gasteiger partial charge in [0.05, 0.1) is 20.4 Å². The first-order valence-electron chi connectivity index (χ1n) is 6.22. The van der Waals surface area contributed by atoms with E-state index in [4.69, 9.17) is 5.11 Å². The third-order valence-electron chi connectivity index (χ3n) is 2.82. The van der Waals surface area contributed by atoms with E-state index in [0.29, 0.717) is 14.2 Å². The predicted molar refractivity (Wildman–Crippen MR) is 85.7 cm³/mol. The van der Waals surface area contributed by atoms with Crippen molar-refractivity contribution in [1.82, 2.24) is 9.55 Å². The van der Waals surface area contributed by atoms with Gasteiger partial charge in [-0.1, -0.05) is 25.1 Å². The molecule has 0 bridgehead atoms. The van der Waals surface area contributed by atoms with Crippen molar-refractivity contribution < 1.29 is 14.3 Å². The minimum Gasteiger partial charge on any atom is -0.481 e. The van der Waals surface area contributed by atoms with Crippen LogP contribution in [0.5, 0.6) is 0 Å². The van der Waals surface area contributed by atoms with Gasteiger partial charge in [-0.15, -0.1) is 0 Å². The van der Waals surface area contributed by atoms with E-state index >= 15 is 0 Å². The summed E-state index contributed by atoms with van der Waals surface area (Å²) >= 11 is 3.10. The van der Waals surface area contributed by atoms with Gasteiger partial charge in [0, 0.05) is 12.6 Å². The van der Waals surface area contributed by atoms with Crippen LogP contribution >= 0.6 is 34.4 Å². The number of thioether (sulfide) groups is 1. The largest absolute Gasteiger partial charge is 0.481 e. The minimum absolute atomic E-state index is 0.0466. The van der Waals surface area contributed by atoms with E-state index in [2.05, 4.69) is 11.9 Å². The lowest BCUT2D eigenvalue weighted by Gasteiger charge is -2.07. The molecule has 1 aromatic carbocycles. The molecule has 0 aliphatic heterocycles. The molecule has 7 heteroatoms. The van der Waals surface area contributed by atoms with Gasteiger partial charge in [0.2, 0.25) is 0 Å². The van der Waals surface area contributed by atoms with Gasteiger partial charge >= 0.3 is 5.97 Å². The van der Waals surface area contributed by atoms with Crippen LogP contribution in [0.25, 0.3) is 11.0 Å². The number of carboxylic acid groups (broad SMARTS) is 1. The molecule has 0 aliphatic rings. The highest BCUT2D eigenvalue weighted by molar-refractivity contribution is 14.1. The highest BCUT2D eigenvalue weighted by atomic mass is 127. The number of carboxylic acids is 1. The summed E-state index contributed by atoms with van der Waals surface area (Å²) in [4.78, 5) is 15.1. The van der Waals surface area contributed by atoms with Gasteiger partial charge in [0.25, 0.3) is 0 Å². The fraction of sp³-hybridized carbons (Fsp3) is 0.385. The van der Waals surface area contributed by atoms with Crippen LogP contribution in [-0.2, 0) is 11.3 Å². The van der Waals surface area contributed by atoms with Crippen LogP contribution in [0.4, 0.5) is 4.39 Å². The lowest BCUT2D eigenvalue weighted by molar-refractivity contribution is -0.133. The number of carbonyl (C=O) groups is 1. The first kappa shape index (κ1) is 15.6. The van der Waals surface area contributed by atoms with Crippen molar-refractivity contribution in [3.05, 3.63) is 21.5 Å². The van der Waals surface area contributed by atoms with Gasteiger partial charge < -0.3 is 9.67 Å². The molecular formula is C13H14FIN2O2S. The number of fused-ring (bicyclic) bond motifs is 1. The number of imidazole rings is 1. The van der Waals surface area contributed by atoms with Crippen LogP contribution in [0.15, 0.2) is 17.3 Å². The molecule has 0 atom stereocenters.